The summed E-state index contributed by atoms with van der Waals surface area (Å²) in [4.78, 5) is 28.3. The van der Waals surface area contributed by atoms with Crippen LogP contribution in [0.3, 0.4) is 0 Å². The Hall–Kier alpha value is -10.1. The number of carbonyl (C=O) groups is 1. The van der Waals surface area contributed by atoms with E-state index in [4.69, 9.17) is 27.8 Å². The second-order valence-corrected chi connectivity index (χ2v) is 29.5. The number of benzene rings is 6. The Balaban J connectivity index is 0.000000152. The van der Waals surface area contributed by atoms with Gasteiger partial charge in [0.2, 0.25) is 43.4 Å². The first-order chi connectivity index (χ1) is 48.0. The normalized spacial score (nSPS) is 16.4. The number of likely N-dealkylation sites (tertiary alicyclic amines) is 1. The fourth-order valence-corrected chi connectivity index (χ4v) is 14.6. The predicted molar refractivity (Wildman–Crippen MR) is 374 cm³/mol. The van der Waals surface area contributed by atoms with E-state index in [9.17, 15) is 37.4 Å². The molecule has 1 fully saturated rings. The van der Waals surface area contributed by atoms with Crippen LogP contribution in [0.15, 0.2) is 123 Å². The van der Waals surface area contributed by atoms with Gasteiger partial charge in [0.15, 0.2) is 0 Å². The van der Waals surface area contributed by atoms with Crippen LogP contribution >= 0.6 is 0 Å². The van der Waals surface area contributed by atoms with Crippen LogP contribution in [-0.2, 0) is 44.1 Å². The highest BCUT2D eigenvalue weighted by Gasteiger charge is 2.31. The van der Waals surface area contributed by atoms with Gasteiger partial charge in [-0.1, -0.05) is 70.1 Å². The van der Waals surface area contributed by atoms with Crippen LogP contribution in [0, 0.1) is 34.0 Å². The van der Waals surface area contributed by atoms with E-state index in [1.807, 2.05) is 101 Å². The molecule has 1 amide bonds. The van der Waals surface area contributed by atoms with Crippen molar-refractivity contribution >= 4 is 26.0 Å². The summed E-state index contributed by atoms with van der Waals surface area (Å²) < 4.78 is 86.2. The Morgan fingerprint density at radius 1 is 0.500 bits per heavy atom. The van der Waals surface area contributed by atoms with Crippen molar-refractivity contribution in [3.05, 3.63) is 159 Å². The lowest BCUT2D eigenvalue weighted by Crippen LogP contribution is -2.38. The van der Waals surface area contributed by atoms with Crippen molar-refractivity contribution in [2.24, 2.45) is 0 Å². The summed E-state index contributed by atoms with van der Waals surface area (Å²) in [6.45, 7) is 13.5. The summed E-state index contributed by atoms with van der Waals surface area (Å²) >= 11 is 0. The van der Waals surface area contributed by atoms with Gasteiger partial charge < -0.3 is 38.0 Å². The molecule has 24 nitrogen and oxygen atoms in total. The SMILES string of the molecule is CC(C)Oc1ccc(-c2nc(-c3cccc4c3CCC[C@@H]4NCC(=O)N3CCCC3)no2)cc1C#N.CC(C)Oc1ccc(-c2nc(-c3cccc4c3CCC[C@@H]4NS(C)(=O)=O)no2)cc1C#N.CC(C)Oc1ccc(-c2nc(-c3cccc4c3CCC[C@H]4NS(C)(=O)=O)no2)cc1C#N. The highest BCUT2D eigenvalue weighted by molar-refractivity contribution is 7.89. The summed E-state index contributed by atoms with van der Waals surface area (Å²) in [5.74, 6) is 4.07. The monoisotopic (exact) mass is 1390 g/mol. The third-order valence-corrected chi connectivity index (χ3v) is 18.7. The van der Waals surface area contributed by atoms with Gasteiger partial charge >= 0.3 is 0 Å². The van der Waals surface area contributed by atoms with Gasteiger partial charge in [0, 0.05) is 64.6 Å². The van der Waals surface area contributed by atoms with Crippen molar-refractivity contribution in [3.63, 3.8) is 0 Å². The summed E-state index contributed by atoms with van der Waals surface area (Å²) in [7, 11) is -6.66. The zero-order chi connectivity index (χ0) is 70.8. The van der Waals surface area contributed by atoms with Gasteiger partial charge in [-0.05, 0) is 200 Å². The molecule has 3 N–H and O–H groups in total. The van der Waals surface area contributed by atoms with Gasteiger partial charge in [-0.3, -0.25) is 4.79 Å². The van der Waals surface area contributed by atoms with Gasteiger partial charge in [-0.15, -0.1) is 0 Å². The van der Waals surface area contributed by atoms with E-state index in [1.54, 1.807) is 48.5 Å². The van der Waals surface area contributed by atoms with Gasteiger partial charge in [-0.25, -0.2) is 26.3 Å². The molecule has 13 rings (SSSR count). The lowest BCUT2D eigenvalue weighted by molar-refractivity contribution is -0.129. The molecule has 6 aromatic carbocycles. The lowest BCUT2D eigenvalue weighted by Gasteiger charge is -2.28. The van der Waals surface area contributed by atoms with Crippen LogP contribution in [0.1, 0.15) is 161 Å². The molecule has 3 atom stereocenters. The number of carbonyl (C=O) groups excluding carboxylic acids is 1. The van der Waals surface area contributed by atoms with E-state index in [0.717, 1.165) is 123 Å². The summed E-state index contributed by atoms with van der Waals surface area (Å²) in [5.41, 5.74) is 12.0. The smallest absolute Gasteiger partial charge is 0.258 e. The van der Waals surface area contributed by atoms with E-state index < -0.39 is 20.0 Å². The number of ether oxygens (including phenoxy) is 3. The number of nitriles is 3. The first-order valence-electron chi connectivity index (χ1n) is 33.5. The largest absolute Gasteiger partial charge is 0.490 e. The maximum atomic E-state index is 12.5. The fraction of sp³-hybridized carbons (Fsp3) is 0.378. The molecule has 3 aromatic heterocycles. The number of sulfonamides is 2. The molecular weight excluding hydrogens is 1310 g/mol. The number of nitrogens with one attached hydrogen (secondary N) is 3. The van der Waals surface area contributed by atoms with Crippen LogP contribution in [0.4, 0.5) is 0 Å². The molecule has 1 aliphatic heterocycles. The number of amides is 1. The van der Waals surface area contributed by atoms with Crippen molar-refractivity contribution in [2.45, 2.75) is 149 Å². The third kappa shape index (κ3) is 17.3. The highest BCUT2D eigenvalue weighted by atomic mass is 32.2. The molecule has 9 aromatic rings. The molecule has 0 saturated carbocycles. The van der Waals surface area contributed by atoms with Crippen LogP contribution < -0.4 is 29.0 Å². The maximum absolute atomic E-state index is 12.5. The second-order valence-electron chi connectivity index (χ2n) is 25.9. The van der Waals surface area contributed by atoms with Gasteiger partial charge in [0.1, 0.15) is 35.5 Å². The topological polar surface area (TPSA) is 340 Å². The minimum Gasteiger partial charge on any atom is -0.490 e. The number of nitrogens with zero attached hydrogens (tertiary/aromatic N) is 10. The van der Waals surface area contributed by atoms with Crippen molar-refractivity contribution in [3.8, 4) is 104 Å². The summed E-state index contributed by atoms with van der Waals surface area (Å²) in [5, 5.41) is 44.6. The number of hydrogen-bond acceptors (Lipinski definition) is 21. The molecule has 3 aliphatic carbocycles. The molecule has 100 heavy (non-hydrogen) atoms. The second kappa shape index (κ2) is 31.4. The average Bonchev–Trinajstić information content (AvgIpc) is 1.12. The highest BCUT2D eigenvalue weighted by Crippen LogP contribution is 2.41. The van der Waals surface area contributed by atoms with Crippen LogP contribution in [0.25, 0.3) is 68.5 Å². The van der Waals surface area contributed by atoms with Gasteiger partial charge in [0.05, 0.1) is 54.1 Å². The molecule has 0 radical (unpaired) electrons. The standard InChI is InChI=1S/C28H31N5O3.2C23H24N4O4S/c1-18(2)35-25-12-11-19(15-20(25)16-29)28-31-27(32-36-28)23-9-5-8-22-21(23)7-6-10-24(22)30-17-26(34)33-13-3-4-14-33;2*1-14(2)30-21-11-10-15(12-16(21)13-24)23-25-22(26-31-23)19-8-4-7-18-17(19)6-5-9-20(18)27-32(3,28)29/h5,8-9,11-12,15,18,24,30H,3-4,6-7,10,13-14,17H2,1-2H3;2*4,7-8,10-12,14,20,27H,5-6,9H2,1-3H3/t24-;2*20-/m010/s1. The zero-order valence-electron chi connectivity index (χ0n) is 57.0. The van der Waals surface area contributed by atoms with Crippen molar-refractivity contribution in [2.75, 3.05) is 32.1 Å². The molecule has 0 bridgehead atoms. The summed E-state index contributed by atoms with van der Waals surface area (Å²) in [6, 6.07) is 39.3. The fourth-order valence-electron chi connectivity index (χ4n) is 13.1. The maximum Gasteiger partial charge on any atom is 0.258 e. The van der Waals surface area contributed by atoms with E-state index in [-0.39, 0.29) is 42.3 Å². The van der Waals surface area contributed by atoms with E-state index in [1.165, 1.54) is 23.6 Å². The predicted octanol–water partition coefficient (Wildman–Crippen LogP) is 12.6. The minimum absolute atomic E-state index is 0.0288. The molecular formula is C74H79N13O11S2. The third-order valence-electron chi connectivity index (χ3n) is 17.3. The van der Waals surface area contributed by atoms with Gasteiger partial charge in [-0.2, -0.15) is 30.7 Å². The first kappa shape index (κ1) is 71.2. The Bertz CT molecular complexity index is 4620. The van der Waals surface area contributed by atoms with Crippen molar-refractivity contribution in [1.29, 1.82) is 15.8 Å². The zero-order valence-corrected chi connectivity index (χ0v) is 58.7. The van der Waals surface area contributed by atoms with E-state index >= 15 is 0 Å². The number of hydrogen-bond donors (Lipinski definition) is 3. The van der Waals surface area contributed by atoms with Gasteiger partial charge in [0.25, 0.3) is 17.7 Å². The number of fused-ring (bicyclic) bond motifs is 3. The van der Waals surface area contributed by atoms with Crippen LogP contribution in [0.5, 0.6) is 17.2 Å². The molecule has 26 heteroatoms. The molecule has 0 unspecified atom stereocenters. The van der Waals surface area contributed by atoms with E-state index in [2.05, 4.69) is 69.5 Å². The van der Waals surface area contributed by atoms with Crippen molar-refractivity contribution in [1.82, 2.24) is 50.1 Å². The Kier molecular flexibility index (Phi) is 22.3. The Labute approximate surface area is 582 Å². The van der Waals surface area contributed by atoms with Crippen molar-refractivity contribution < 1.29 is 49.4 Å². The molecule has 4 aliphatic rings. The molecule has 4 heterocycles. The van der Waals surface area contributed by atoms with Crippen LogP contribution in [0.2, 0.25) is 0 Å². The quantitative estimate of drug-likeness (QED) is 0.0677. The Morgan fingerprint density at radius 2 is 0.830 bits per heavy atom. The van der Waals surface area contributed by atoms with E-state index in [0.29, 0.717) is 92.3 Å². The Morgan fingerprint density at radius 3 is 1.15 bits per heavy atom. The summed E-state index contributed by atoms with van der Waals surface area (Å²) in [6.07, 6.45) is 12.1. The lowest BCUT2D eigenvalue weighted by atomic mass is 9.84. The molecule has 1 saturated heterocycles. The first-order valence-corrected chi connectivity index (χ1v) is 37.3. The molecule has 518 valence electrons. The van der Waals surface area contributed by atoms with Crippen LogP contribution in [-0.4, -0.2) is 109 Å². The number of rotatable bonds is 19. The molecule has 0 spiro atoms. The number of aromatic nitrogens is 6. The average molecular weight is 1390 g/mol. The minimum atomic E-state index is -3.33.